The number of methoxy groups -OCH3 is 1. The van der Waals surface area contributed by atoms with Gasteiger partial charge in [-0.3, -0.25) is 9.78 Å². The fourth-order valence-corrected chi connectivity index (χ4v) is 2.71. The molecule has 0 aliphatic rings. The number of carbonyl (C=O) groups excluding carboxylic acids is 1. The van der Waals surface area contributed by atoms with Crippen molar-refractivity contribution in [2.24, 2.45) is 0 Å². The molecular formula is C23H24N2O4. The standard InChI is InChI=1S/C23H24N2O4/c1-3-28-22-13-19(8-11-21(22)29-16-18-5-4-12-24-14-18)23(26)25-15-17-6-9-20(27-2)10-7-17/h4-14H,3,15-16H2,1-2H3,(H,25,26). The molecule has 0 unspecified atom stereocenters. The van der Waals surface area contributed by atoms with Gasteiger partial charge in [0, 0.05) is 30.1 Å². The van der Waals surface area contributed by atoms with E-state index < -0.39 is 0 Å². The molecule has 0 aliphatic carbocycles. The summed E-state index contributed by atoms with van der Waals surface area (Å²) in [6.45, 7) is 3.16. The summed E-state index contributed by atoms with van der Waals surface area (Å²) in [4.78, 5) is 16.6. The molecule has 29 heavy (non-hydrogen) atoms. The average Bonchev–Trinajstić information content (AvgIpc) is 2.78. The van der Waals surface area contributed by atoms with Crippen molar-refractivity contribution in [3.05, 3.63) is 83.7 Å². The van der Waals surface area contributed by atoms with Gasteiger partial charge in [-0.2, -0.15) is 0 Å². The monoisotopic (exact) mass is 392 g/mol. The van der Waals surface area contributed by atoms with Crippen LogP contribution in [0.1, 0.15) is 28.4 Å². The summed E-state index contributed by atoms with van der Waals surface area (Å²) in [6.07, 6.45) is 3.47. The number of amides is 1. The Labute approximate surface area is 170 Å². The molecule has 2 aromatic carbocycles. The van der Waals surface area contributed by atoms with Crippen LogP contribution in [0.25, 0.3) is 0 Å². The minimum absolute atomic E-state index is 0.180. The number of hydrogen-bond acceptors (Lipinski definition) is 5. The molecular weight excluding hydrogens is 368 g/mol. The number of nitrogens with one attached hydrogen (secondary N) is 1. The molecule has 6 heteroatoms. The number of ether oxygens (including phenoxy) is 3. The molecule has 0 radical (unpaired) electrons. The van der Waals surface area contributed by atoms with E-state index in [2.05, 4.69) is 10.3 Å². The topological polar surface area (TPSA) is 69.7 Å². The quantitative estimate of drug-likeness (QED) is 0.596. The van der Waals surface area contributed by atoms with Gasteiger partial charge in [0.1, 0.15) is 12.4 Å². The lowest BCUT2D eigenvalue weighted by molar-refractivity contribution is 0.0950. The predicted molar refractivity (Wildman–Crippen MR) is 110 cm³/mol. The zero-order valence-corrected chi connectivity index (χ0v) is 16.6. The van der Waals surface area contributed by atoms with Gasteiger partial charge in [0.2, 0.25) is 0 Å². The lowest BCUT2D eigenvalue weighted by Gasteiger charge is -2.13. The Morgan fingerprint density at radius 3 is 2.52 bits per heavy atom. The van der Waals surface area contributed by atoms with Gasteiger partial charge in [0.25, 0.3) is 5.91 Å². The van der Waals surface area contributed by atoms with Gasteiger partial charge in [-0.15, -0.1) is 0 Å². The summed E-state index contributed by atoms with van der Waals surface area (Å²) in [6, 6.07) is 16.5. The number of pyridine rings is 1. The summed E-state index contributed by atoms with van der Waals surface area (Å²) in [5.41, 5.74) is 2.45. The number of hydrogen-bond donors (Lipinski definition) is 1. The van der Waals surface area contributed by atoms with Crippen LogP contribution in [-0.4, -0.2) is 24.6 Å². The van der Waals surface area contributed by atoms with Crippen LogP contribution >= 0.6 is 0 Å². The number of rotatable bonds is 9. The highest BCUT2D eigenvalue weighted by atomic mass is 16.5. The SMILES string of the molecule is CCOc1cc(C(=O)NCc2ccc(OC)cc2)ccc1OCc1cccnc1. The minimum Gasteiger partial charge on any atom is -0.497 e. The van der Waals surface area contributed by atoms with Crippen molar-refractivity contribution in [1.82, 2.24) is 10.3 Å². The third-order valence-corrected chi connectivity index (χ3v) is 4.23. The second kappa shape index (κ2) is 10.1. The molecule has 0 saturated carbocycles. The summed E-state index contributed by atoms with van der Waals surface area (Å²) in [7, 11) is 1.62. The molecule has 1 aromatic heterocycles. The van der Waals surface area contributed by atoms with E-state index in [0.717, 1.165) is 16.9 Å². The maximum absolute atomic E-state index is 12.5. The van der Waals surface area contributed by atoms with Crippen molar-refractivity contribution in [3.63, 3.8) is 0 Å². The Hall–Kier alpha value is -3.54. The van der Waals surface area contributed by atoms with Gasteiger partial charge in [-0.1, -0.05) is 18.2 Å². The molecule has 150 valence electrons. The minimum atomic E-state index is -0.180. The molecule has 6 nitrogen and oxygen atoms in total. The molecule has 0 atom stereocenters. The van der Waals surface area contributed by atoms with Crippen molar-refractivity contribution in [1.29, 1.82) is 0 Å². The van der Waals surface area contributed by atoms with Crippen molar-refractivity contribution in [2.45, 2.75) is 20.1 Å². The van der Waals surface area contributed by atoms with Crippen molar-refractivity contribution in [2.75, 3.05) is 13.7 Å². The molecule has 0 spiro atoms. The Morgan fingerprint density at radius 2 is 1.83 bits per heavy atom. The molecule has 0 bridgehead atoms. The lowest BCUT2D eigenvalue weighted by atomic mass is 10.1. The summed E-state index contributed by atoms with van der Waals surface area (Å²) in [5.74, 6) is 1.72. The van der Waals surface area contributed by atoms with E-state index in [-0.39, 0.29) is 5.91 Å². The maximum Gasteiger partial charge on any atom is 0.251 e. The average molecular weight is 392 g/mol. The first kappa shape index (κ1) is 20.2. The van der Waals surface area contributed by atoms with E-state index in [0.29, 0.717) is 36.8 Å². The number of benzene rings is 2. The van der Waals surface area contributed by atoms with Crippen LogP contribution in [0.2, 0.25) is 0 Å². The first-order chi connectivity index (χ1) is 14.2. The van der Waals surface area contributed by atoms with E-state index >= 15 is 0 Å². The van der Waals surface area contributed by atoms with Crippen LogP contribution in [-0.2, 0) is 13.2 Å². The highest BCUT2D eigenvalue weighted by Crippen LogP contribution is 2.29. The van der Waals surface area contributed by atoms with Gasteiger partial charge < -0.3 is 19.5 Å². The molecule has 0 fully saturated rings. The highest BCUT2D eigenvalue weighted by Gasteiger charge is 2.12. The van der Waals surface area contributed by atoms with Crippen molar-refractivity contribution >= 4 is 5.91 Å². The highest BCUT2D eigenvalue weighted by molar-refractivity contribution is 5.94. The van der Waals surface area contributed by atoms with E-state index in [1.807, 2.05) is 43.3 Å². The van der Waals surface area contributed by atoms with E-state index in [9.17, 15) is 4.79 Å². The lowest BCUT2D eigenvalue weighted by Crippen LogP contribution is -2.22. The molecule has 1 N–H and O–H groups in total. The molecule has 1 heterocycles. The van der Waals surface area contributed by atoms with E-state index in [1.54, 1.807) is 37.7 Å². The van der Waals surface area contributed by atoms with E-state index in [4.69, 9.17) is 14.2 Å². The summed E-state index contributed by atoms with van der Waals surface area (Å²) in [5, 5.41) is 2.91. The third kappa shape index (κ3) is 5.72. The van der Waals surface area contributed by atoms with Gasteiger partial charge >= 0.3 is 0 Å². The van der Waals surface area contributed by atoms with Crippen LogP contribution < -0.4 is 19.5 Å². The third-order valence-electron chi connectivity index (χ3n) is 4.23. The van der Waals surface area contributed by atoms with Crippen molar-refractivity contribution < 1.29 is 19.0 Å². The zero-order chi connectivity index (χ0) is 20.5. The number of carbonyl (C=O) groups is 1. The molecule has 0 saturated heterocycles. The Kier molecular flexibility index (Phi) is 7.05. The summed E-state index contributed by atoms with van der Waals surface area (Å²) >= 11 is 0. The normalized spacial score (nSPS) is 10.3. The second-order valence-electron chi connectivity index (χ2n) is 6.28. The number of nitrogens with zero attached hydrogens (tertiary/aromatic N) is 1. The maximum atomic E-state index is 12.5. The zero-order valence-electron chi connectivity index (χ0n) is 16.6. The molecule has 1 amide bonds. The molecule has 0 aliphatic heterocycles. The van der Waals surface area contributed by atoms with Crippen molar-refractivity contribution in [3.8, 4) is 17.2 Å². The van der Waals surface area contributed by atoms with Crippen LogP contribution in [0.5, 0.6) is 17.2 Å². The summed E-state index contributed by atoms with van der Waals surface area (Å²) < 4.78 is 16.7. The molecule has 3 rings (SSSR count). The van der Waals surface area contributed by atoms with Crippen LogP contribution in [0.3, 0.4) is 0 Å². The predicted octanol–water partition coefficient (Wildman–Crippen LogP) is 4.00. The largest absolute Gasteiger partial charge is 0.497 e. The fraction of sp³-hybridized carbons (Fsp3) is 0.217. The van der Waals surface area contributed by atoms with Gasteiger partial charge in [0.15, 0.2) is 11.5 Å². The Balaban J connectivity index is 1.65. The van der Waals surface area contributed by atoms with Gasteiger partial charge in [-0.25, -0.2) is 0 Å². The first-order valence-electron chi connectivity index (χ1n) is 9.39. The van der Waals surface area contributed by atoms with Crippen LogP contribution in [0, 0.1) is 0 Å². The van der Waals surface area contributed by atoms with E-state index in [1.165, 1.54) is 0 Å². The van der Waals surface area contributed by atoms with Crippen LogP contribution in [0.15, 0.2) is 67.0 Å². The fourth-order valence-electron chi connectivity index (χ4n) is 2.71. The number of aromatic nitrogens is 1. The second-order valence-corrected chi connectivity index (χ2v) is 6.28. The van der Waals surface area contributed by atoms with Crippen LogP contribution in [0.4, 0.5) is 0 Å². The van der Waals surface area contributed by atoms with Gasteiger partial charge in [-0.05, 0) is 48.9 Å². The smallest absolute Gasteiger partial charge is 0.251 e. The Bertz CT molecular complexity index is 927. The first-order valence-corrected chi connectivity index (χ1v) is 9.39. The Morgan fingerprint density at radius 1 is 1.00 bits per heavy atom. The molecule has 3 aromatic rings. The van der Waals surface area contributed by atoms with Gasteiger partial charge in [0.05, 0.1) is 13.7 Å².